The summed E-state index contributed by atoms with van der Waals surface area (Å²) in [5.41, 5.74) is 1.61. The molecule has 3 N–H and O–H groups in total. The lowest BCUT2D eigenvalue weighted by atomic mass is 10.1. The molecule has 0 saturated heterocycles. The Kier molecular flexibility index (Phi) is 7.95. The van der Waals surface area contributed by atoms with Crippen LogP contribution >= 0.6 is 12.2 Å². The number of benzene rings is 2. The first kappa shape index (κ1) is 21.4. The number of rotatable bonds is 7. The van der Waals surface area contributed by atoms with Crippen molar-refractivity contribution < 1.29 is 14.3 Å². The van der Waals surface area contributed by atoms with E-state index in [0.29, 0.717) is 29.2 Å². The number of hydrogen-bond acceptors (Lipinski definition) is 4. The fourth-order valence-corrected chi connectivity index (χ4v) is 2.56. The summed E-state index contributed by atoms with van der Waals surface area (Å²) in [4.78, 5) is 24.5. The molecule has 1 atom stereocenters. The molecule has 0 aliphatic carbocycles. The highest BCUT2D eigenvalue weighted by molar-refractivity contribution is 7.80. The molecular weight excluding hydrogens is 374 g/mol. The van der Waals surface area contributed by atoms with Gasteiger partial charge in [0.15, 0.2) is 5.11 Å². The van der Waals surface area contributed by atoms with Crippen molar-refractivity contribution in [2.45, 2.75) is 33.2 Å². The lowest BCUT2D eigenvalue weighted by molar-refractivity contribution is 0.0937. The van der Waals surface area contributed by atoms with E-state index >= 15 is 0 Å². The molecule has 6 nitrogen and oxygen atoms in total. The average Bonchev–Trinajstić information content (AvgIpc) is 2.68. The Labute approximate surface area is 170 Å². The molecule has 0 bridgehead atoms. The number of carbonyl (C=O) groups excluding carboxylic acids is 2. The first-order valence-electron chi connectivity index (χ1n) is 9.19. The van der Waals surface area contributed by atoms with Crippen molar-refractivity contribution in [3.8, 4) is 5.75 Å². The summed E-state index contributed by atoms with van der Waals surface area (Å²) in [5.74, 6) is 0.223. The van der Waals surface area contributed by atoms with Crippen molar-refractivity contribution in [2.24, 2.45) is 0 Å². The van der Waals surface area contributed by atoms with Crippen molar-refractivity contribution in [3.63, 3.8) is 0 Å². The summed E-state index contributed by atoms with van der Waals surface area (Å²) in [5, 5.41) is 8.62. The molecule has 148 valence electrons. The van der Waals surface area contributed by atoms with E-state index < -0.39 is 0 Å². The maximum atomic E-state index is 12.3. The van der Waals surface area contributed by atoms with Crippen LogP contribution in [0.4, 0.5) is 5.69 Å². The van der Waals surface area contributed by atoms with E-state index in [2.05, 4.69) is 16.0 Å². The van der Waals surface area contributed by atoms with Gasteiger partial charge in [0, 0.05) is 22.9 Å². The summed E-state index contributed by atoms with van der Waals surface area (Å²) in [7, 11) is 0. The molecule has 0 aliphatic heterocycles. The maximum Gasteiger partial charge on any atom is 0.257 e. The molecular formula is C21H25N3O3S. The van der Waals surface area contributed by atoms with E-state index in [1.807, 2.05) is 20.8 Å². The van der Waals surface area contributed by atoms with Crippen molar-refractivity contribution >= 4 is 34.8 Å². The van der Waals surface area contributed by atoms with E-state index in [-0.39, 0.29) is 23.0 Å². The minimum Gasteiger partial charge on any atom is -0.494 e. The van der Waals surface area contributed by atoms with E-state index in [1.165, 1.54) is 0 Å². The van der Waals surface area contributed by atoms with Crippen LogP contribution in [0.3, 0.4) is 0 Å². The Morgan fingerprint density at radius 3 is 2.39 bits per heavy atom. The maximum absolute atomic E-state index is 12.3. The van der Waals surface area contributed by atoms with Crippen LogP contribution in [0, 0.1) is 0 Å². The predicted octanol–water partition coefficient (Wildman–Crippen LogP) is 3.74. The van der Waals surface area contributed by atoms with Gasteiger partial charge in [0.2, 0.25) is 0 Å². The lowest BCUT2D eigenvalue weighted by Gasteiger charge is -2.13. The Morgan fingerprint density at radius 2 is 1.75 bits per heavy atom. The van der Waals surface area contributed by atoms with Crippen molar-refractivity contribution in [2.75, 3.05) is 11.9 Å². The van der Waals surface area contributed by atoms with E-state index in [0.717, 1.165) is 6.42 Å². The zero-order chi connectivity index (χ0) is 20.5. The third kappa shape index (κ3) is 6.35. The van der Waals surface area contributed by atoms with E-state index in [9.17, 15) is 9.59 Å². The quantitative estimate of drug-likeness (QED) is 0.618. The molecule has 0 heterocycles. The Balaban J connectivity index is 1.96. The van der Waals surface area contributed by atoms with Crippen LogP contribution in [0.5, 0.6) is 5.75 Å². The highest BCUT2D eigenvalue weighted by atomic mass is 32.1. The average molecular weight is 400 g/mol. The predicted molar refractivity (Wildman–Crippen MR) is 115 cm³/mol. The fraction of sp³-hybridized carbons (Fsp3) is 0.286. The number of ether oxygens (including phenoxy) is 1. The second-order valence-electron chi connectivity index (χ2n) is 6.23. The number of hydrogen-bond donors (Lipinski definition) is 3. The van der Waals surface area contributed by atoms with Gasteiger partial charge in [-0.3, -0.25) is 14.9 Å². The molecule has 2 aromatic rings. The third-order valence-electron chi connectivity index (χ3n) is 4.03. The Hall–Kier alpha value is -2.93. The molecule has 0 spiro atoms. The molecule has 0 aromatic heterocycles. The minimum absolute atomic E-state index is 0.0959. The van der Waals surface area contributed by atoms with E-state index in [4.69, 9.17) is 17.0 Å². The fourth-order valence-electron chi connectivity index (χ4n) is 2.35. The van der Waals surface area contributed by atoms with Gasteiger partial charge in [-0.05, 0) is 75.0 Å². The van der Waals surface area contributed by atoms with Gasteiger partial charge in [0.1, 0.15) is 5.75 Å². The van der Waals surface area contributed by atoms with Gasteiger partial charge >= 0.3 is 0 Å². The molecule has 0 fully saturated rings. The normalized spacial score (nSPS) is 11.2. The van der Waals surface area contributed by atoms with Crippen molar-refractivity contribution in [1.29, 1.82) is 0 Å². The molecule has 28 heavy (non-hydrogen) atoms. The number of thiocarbonyl (C=S) groups is 1. The first-order chi connectivity index (χ1) is 13.4. The van der Waals surface area contributed by atoms with Crippen LogP contribution in [0.1, 0.15) is 47.9 Å². The third-order valence-corrected chi connectivity index (χ3v) is 4.23. The van der Waals surface area contributed by atoms with Crippen molar-refractivity contribution in [3.05, 3.63) is 59.7 Å². The Morgan fingerprint density at radius 1 is 1.04 bits per heavy atom. The molecule has 0 saturated carbocycles. The SMILES string of the molecule is CCOc1ccc(C(=O)NC(=S)Nc2cccc(C(=O)NC(C)CC)c2)cc1. The minimum atomic E-state index is -0.328. The summed E-state index contributed by atoms with van der Waals surface area (Å²) in [6.07, 6.45) is 0.853. The largest absolute Gasteiger partial charge is 0.494 e. The molecule has 2 aromatic carbocycles. The highest BCUT2D eigenvalue weighted by Gasteiger charge is 2.11. The van der Waals surface area contributed by atoms with Gasteiger partial charge in [0.25, 0.3) is 11.8 Å². The van der Waals surface area contributed by atoms with Crippen LogP contribution in [0.25, 0.3) is 0 Å². The number of amides is 2. The van der Waals surface area contributed by atoms with Crippen LogP contribution in [-0.4, -0.2) is 29.6 Å². The topological polar surface area (TPSA) is 79.5 Å². The van der Waals surface area contributed by atoms with Crippen molar-refractivity contribution in [1.82, 2.24) is 10.6 Å². The van der Waals surface area contributed by atoms with Gasteiger partial charge < -0.3 is 15.4 Å². The number of anilines is 1. The molecule has 7 heteroatoms. The van der Waals surface area contributed by atoms with Crippen LogP contribution in [0.2, 0.25) is 0 Å². The summed E-state index contributed by atoms with van der Waals surface area (Å²) >= 11 is 5.21. The van der Waals surface area contributed by atoms with E-state index in [1.54, 1.807) is 48.5 Å². The molecule has 0 aliphatic rings. The molecule has 2 rings (SSSR count). The zero-order valence-corrected chi connectivity index (χ0v) is 17.1. The summed E-state index contributed by atoms with van der Waals surface area (Å²) in [6.45, 7) is 6.42. The standard InChI is InChI=1S/C21H25N3O3S/c1-4-14(3)22-20(26)16-7-6-8-17(13-16)23-21(28)24-19(25)15-9-11-18(12-10-15)27-5-2/h6-14H,4-5H2,1-3H3,(H,22,26)(H2,23,24,25,28). The van der Waals surface area contributed by atoms with Crippen LogP contribution < -0.4 is 20.7 Å². The highest BCUT2D eigenvalue weighted by Crippen LogP contribution is 2.13. The van der Waals surface area contributed by atoms with Gasteiger partial charge in [-0.1, -0.05) is 13.0 Å². The van der Waals surface area contributed by atoms with Crippen LogP contribution in [0.15, 0.2) is 48.5 Å². The summed E-state index contributed by atoms with van der Waals surface area (Å²) < 4.78 is 5.36. The first-order valence-corrected chi connectivity index (χ1v) is 9.59. The summed E-state index contributed by atoms with van der Waals surface area (Å²) in [6, 6.07) is 13.8. The number of carbonyl (C=O) groups is 2. The molecule has 0 radical (unpaired) electrons. The smallest absolute Gasteiger partial charge is 0.257 e. The van der Waals surface area contributed by atoms with Gasteiger partial charge in [0.05, 0.1) is 6.61 Å². The van der Waals surface area contributed by atoms with Gasteiger partial charge in [-0.2, -0.15) is 0 Å². The Bertz CT molecular complexity index is 837. The van der Waals surface area contributed by atoms with Gasteiger partial charge in [-0.25, -0.2) is 0 Å². The zero-order valence-electron chi connectivity index (χ0n) is 16.2. The molecule has 1 unspecified atom stereocenters. The van der Waals surface area contributed by atoms with Crippen LogP contribution in [-0.2, 0) is 0 Å². The lowest BCUT2D eigenvalue weighted by Crippen LogP contribution is -2.34. The second kappa shape index (κ2) is 10.4. The van der Waals surface area contributed by atoms with Gasteiger partial charge in [-0.15, -0.1) is 0 Å². The monoisotopic (exact) mass is 399 g/mol. The number of nitrogens with one attached hydrogen (secondary N) is 3. The molecule has 2 amide bonds. The second-order valence-corrected chi connectivity index (χ2v) is 6.64.